The summed E-state index contributed by atoms with van der Waals surface area (Å²) in [6.07, 6.45) is 6.17. The first-order chi connectivity index (χ1) is 16.9. The van der Waals surface area contributed by atoms with Crippen LogP contribution < -0.4 is 5.32 Å². The molecule has 8 atom stereocenters. The Morgan fingerprint density at radius 3 is 2.50 bits per heavy atom. The molecule has 2 unspecified atom stereocenters. The number of esters is 1. The van der Waals surface area contributed by atoms with Gasteiger partial charge in [0, 0.05) is 35.5 Å². The van der Waals surface area contributed by atoms with Gasteiger partial charge >= 0.3 is 5.97 Å². The summed E-state index contributed by atoms with van der Waals surface area (Å²) in [5.74, 6) is -0.594. The molecule has 2 bridgehead atoms. The van der Waals surface area contributed by atoms with E-state index in [-0.39, 0.29) is 64.3 Å². The lowest BCUT2D eigenvalue weighted by Crippen LogP contribution is -2.67. The quantitative estimate of drug-likeness (QED) is 0.364. The summed E-state index contributed by atoms with van der Waals surface area (Å²) in [5, 5.41) is 2.62. The van der Waals surface area contributed by atoms with Gasteiger partial charge in [0.1, 0.15) is 5.60 Å². The molecule has 1 spiro atoms. The topological polar surface area (TPSA) is 102 Å². The van der Waals surface area contributed by atoms with E-state index in [0.717, 1.165) is 32.1 Å². The highest BCUT2D eigenvalue weighted by atomic mass is 16.6. The average Bonchev–Trinajstić information content (AvgIpc) is 3.60. The second kappa shape index (κ2) is 7.18. The lowest BCUT2D eigenvalue weighted by molar-refractivity contribution is -0.185. The standard InChI is InChI=1S/C29H37NO6/c1-14(2)29-16-12-20-26(4)9-7-10-27(5,25(34)35-6)19(26)8-11-28(20,24(29)36-29)22-21(16)18(32)13-17(23(22)33)30-15(3)31/h13-14,16,19-20,24H,7-12H2,1-6H3,(H,30,31)/t16-,19-,20-,24?,26+,27-,28+,29?/m1/s1. The number of epoxide rings is 1. The van der Waals surface area contributed by atoms with Crippen molar-refractivity contribution in [1.82, 2.24) is 5.32 Å². The van der Waals surface area contributed by atoms with Crippen LogP contribution in [0.2, 0.25) is 0 Å². The van der Waals surface area contributed by atoms with Crippen molar-refractivity contribution in [1.29, 1.82) is 0 Å². The van der Waals surface area contributed by atoms with Crippen molar-refractivity contribution >= 4 is 23.4 Å². The zero-order chi connectivity index (χ0) is 26.0. The van der Waals surface area contributed by atoms with Gasteiger partial charge in [0.25, 0.3) is 0 Å². The first kappa shape index (κ1) is 24.1. The molecular formula is C29H37NO6. The third-order valence-electron chi connectivity index (χ3n) is 11.4. The number of hydrogen-bond donors (Lipinski definition) is 1. The van der Waals surface area contributed by atoms with Crippen molar-refractivity contribution < 1.29 is 28.7 Å². The number of carbonyl (C=O) groups excluding carboxylic acids is 4. The Morgan fingerprint density at radius 1 is 1.14 bits per heavy atom. The summed E-state index contributed by atoms with van der Waals surface area (Å²) in [4.78, 5) is 52.6. The number of ketones is 2. The lowest BCUT2D eigenvalue weighted by atomic mass is 9.34. The van der Waals surface area contributed by atoms with Crippen molar-refractivity contribution in [3.05, 3.63) is 22.9 Å². The fraction of sp³-hybridized carbons (Fsp3) is 0.724. The molecule has 7 heteroatoms. The summed E-state index contributed by atoms with van der Waals surface area (Å²) in [6, 6.07) is 0. The summed E-state index contributed by atoms with van der Waals surface area (Å²) >= 11 is 0. The number of hydrogen-bond acceptors (Lipinski definition) is 6. The van der Waals surface area contributed by atoms with Gasteiger partial charge in [-0.05, 0) is 62.2 Å². The molecule has 1 saturated heterocycles. The molecule has 1 heterocycles. The first-order valence-corrected chi connectivity index (χ1v) is 13.5. The Hall–Kier alpha value is -2.28. The molecular weight excluding hydrogens is 458 g/mol. The molecule has 0 aromatic carbocycles. The average molecular weight is 496 g/mol. The van der Waals surface area contributed by atoms with Gasteiger partial charge < -0.3 is 14.8 Å². The Balaban J connectivity index is 1.53. The van der Waals surface area contributed by atoms with Crippen LogP contribution in [-0.2, 0) is 28.7 Å². The molecule has 1 amide bonds. The van der Waals surface area contributed by atoms with E-state index >= 15 is 0 Å². The molecule has 7 nitrogen and oxygen atoms in total. The summed E-state index contributed by atoms with van der Waals surface area (Å²) < 4.78 is 12.0. The number of ether oxygens (including phenoxy) is 2. The first-order valence-electron chi connectivity index (χ1n) is 13.5. The van der Waals surface area contributed by atoms with Gasteiger partial charge in [0.2, 0.25) is 11.7 Å². The molecule has 0 radical (unpaired) electrons. The largest absolute Gasteiger partial charge is 0.469 e. The van der Waals surface area contributed by atoms with Crippen LogP contribution >= 0.6 is 0 Å². The van der Waals surface area contributed by atoms with Crippen LogP contribution in [0.5, 0.6) is 0 Å². The van der Waals surface area contributed by atoms with E-state index in [2.05, 4.69) is 33.0 Å². The van der Waals surface area contributed by atoms with Crippen LogP contribution in [0.15, 0.2) is 22.9 Å². The highest BCUT2D eigenvalue weighted by Crippen LogP contribution is 2.80. The molecule has 1 N–H and O–H groups in total. The van der Waals surface area contributed by atoms with E-state index in [4.69, 9.17) is 9.47 Å². The number of rotatable bonds is 3. The number of fused-ring (bicyclic) bond motifs is 1. The lowest BCUT2D eigenvalue weighted by Gasteiger charge is -2.67. The predicted molar refractivity (Wildman–Crippen MR) is 130 cm³/mol. The zero-order valence-corrected chi connectivity index (χ0v) is 22.2. The van der Waals surface area contributed by atoms with E-state index in [0.29, 0.717) is 17.6 Å². The van der Waals surface area contributed by atoms with Crippen LogP contribution in [0.3, 0.4) is 0 Å². The fourth-order valence-electron chi connectivity index (χ4n) is 10.1. The molecule has 6 aliphatic carbocycles. The van der Waals surface area contributed by atoms with E-state index in [9.17, 15) is 19.2 Å². The summed E-state index contributed by atoms with van der Waals surface area (Å²) in [6.45, 7) is 10.0. The molecule has 7 aliphatic rings. The maximum Gasteiger partial charge on any atom is 0.311 e. The van der Waals surface area contributed by atoms with E-state index < -0.39 is 16.4 Å². The Bertz CT molecular complexity index is 1180. The van der Waals surface area contributed by atoms with Crippen LogP contribution in [0.4, 0.5) is 0 Å². The van der Waals surface area contributed by atoms with E-state index in [1.165, 1.54) is 20.1 Å². The number of Topliss-reactive ketones (excluding diaryl/α,β-unsaturated/α-hetero) is 1. The third-order valence-corrected chi connectivity index (χ3v) is 11.4. The monoisotopic (exact) mass is 495 g/mol. The Labute approximate surface area is 212 Å². The van der Waals surface area contributed by atoms with Gasteiger partial charge in [0.05, 0.1) is 24.3 Å². The number of nitrogens with one attached hydrogen (secondary N) is 1. The van der Waals surface area contributed by atoms with Gasteiger partial charge in [-0.25, -0.2) is 0 Å². The van der Waals surface area contributed by atoms with Crippen molar-refractivity contribution in [3.8, 4) is 0 Å². The summed E-state index contributed by atoms with van der Waals surface area (Å²) in [7, 11) is 1.47. The van der Waals surface area contributed by atoms with Gasteiger partial charge in [0.15, 0.2) is 5.78 Å². The predicted octanol–water partition coefficient (Wildman–Crippen LogP) is 3.66. The molecule has 4 fully saturated rings. The fourth-order valence-corrected chi connectivity index (χ4v) is 10.1. The van der Waals surface area contributed by atoms with E-state index in [1.807, 2.05) is 0 Å². The minimum absolute atomic E-state index is 0.0815. The molecule has 3 saturated carbocycles. The SMILES string of the molecule is COC(=O)[C@]1(C)CCC[C@@]2(C)[C@H]1CC[C@@]13C4=C(C(=O)C=C(NC(C)=O)C4=O)[C@@H](C[C@H]21)C1(C(C)C)OC13. The van der Waals surface area contributed by atoms with Gasteiger partial charge in [-0.2, -0.15) is 0 Å². The minimum atomic E-state index is -0.585. The van der Waals surface area contributed by atoms with Crippen LogP contribution in [0, 0.1) is 39.9 Å². The normalized spacial score (nSPS) is 46.4. The van der Waals surface area contributed by atoms with Crippen molar-refractivity contribution in [2.24, 2.45) is 39.9 Å². The smallest absolute Gasteiger partial charge is 0.311 e. The third kappa shape index (κ3) is 2.53. The maximum atomic E-state index is 14.0. The van der Waals surface area contributed by atoms with Gasteiger partial charge in [-0.3, -0.25) is 19.2 Å². The molecule has 7 rings (SSSR count). The number of carbonyl (C=O) groups is 4. The number of allylic oxidation sites excluding steroid dienone is 2. The maximum absolute atomic E-state index is 14.0. The van der Waals surface area contributed by atoms with Gasteiger partial charge in [-0.1, -0.05) is 27.2 Å². The Morgan fingerprint density at radius 2 is 1.86 bits per heavy atom. The Kier molecular flexibility index (Phi) is 4.80. The van der Waals surface area contributed by atoms with Crippen LogP contribution in [-0.4, -0.2) is 42.3 Å². The van der Waals surface area contributed by atoms with Crippen LogP contribution in [0.25, 0.3) is 0 Å². The molecule has 1 aliphatic heterocycles. The summed E-state index contributed by atoms with van der Waals surface area (Å²) in [5.41, 5.74) is -0.454. The van der Waals surface area contributed by atoms with Gasteiger partial charge in [-0.15, -0.1) is 0 Å². The van der Waals surface area contributed by atoms with Crippen LogP contribution in [0.1, 0.15) is 73.1 Å². The second-order valence-corrected chi connectivity index (χ2v) is 13.0. The van der Waals surface area contributed by atoms with E-state index in [1.54, 1.807) is 0 Å². The highest BCUT2D eigenvalue weighted by molar-refractivity contribution is 6.25. The van der Waals surface area contributed by atoms with Crippen molar-refractivity contribution in [2.45, 2.75) is 84.8 Å². The van der Waals surface area contributed by atoms with Crippen molar-refractivity contribution in [3.63, 3.8) is 0 Å². The zero-order valence-electron chi connectivity index (χ0n) is 22.2. The molecule has 0 aromatic rings. The highest BCUT2D eigenvalue weighted by Gasteiger charge is 2.83. The number of methoxy groups -OCH3 is 1. The van der Waals surface area contributed by atoms with Crippen molar-refractivity contribution in [2.75, 3.05) is 7.11 Å². The molecule has 194 valence electrons. The minimum Gasteiger partial charge on any atom is -0.469 e. The second-order valence-electron chi connectivity index (χ2n) is 13.0. The molecule has 0 aromatic heterocycles. The molecule has 36 heavy (non-hydrogen) atoms. The number of amides is 1.